The smallest absolute Gasteiger partial charge is 0.0276 e. The molecular weight excluding hydrogens is 150 g/mol. The van der Waals surface area contributed by atoms with Crippen LogP contribution in [-0.4, -0.2) is 13.1 Å². The van der Waals surface area contributed by atoms with Crippen molar-refractivity contribution in [2.75, 3.05) is 13.1 Å². The maximum absolute atomic E-state index is 5.86. The number of nitrogens with one attached hydrogen (secondary N) is 2. The summed E-state index contributed by atoms with van der Waals surface area (Å²) in [6.45, 7) is 5.71. The highest BCUT2D eigenvalue weighted by Crippen LogP contribution is 2.16. The predicted octanol–water partition coefficient (Wildman–Crippen LogP) is 0.519. The van der Waals surface area contributed by atoms with Gasteiger partial charge in [-0.3, -0.25) is 0 Å². The third-order valence-corrected chi connectivity index (χ3v) is 2.18. The summed E-state index contributed by atoms with van der Waals surface area (Å²) in [6, 6.07) is 0. The van der Waals surface area contributed by atoms with Crippen LogP contribution in [0.4, 0.5) is 0 Å². The van der Waals surface area contributed by atoms with Gasteiger partial charge < -0.3 is 16.4 Å². The molecule has 0 bridgehead atoms. The van der Waals surface area contributed by atoms with Gasteiger partial charge in [-0.1, -0.05) is 6.58 Å². The predicted molar refractivity (Wildman–Crippen MR) is 51.2 cm³/mol. The van der Waals surface area contributed by atoms with Gasteiger partial charge in [0.2, 0.25) is 0 Å². The second kappa shape index (κ2) is 4.83. The first kappa shape index (κ1) is 9.13. The van der Waals surface area contributed by atoms with Crippen molar-refractivity contribution in [1.82, 2.24) is 10.6 Å². The molecular formula is C9H17N3. The fourth-order valence-electron chi connectivity index (χ4n) is 1.43. The minimum Gasteiger partial charge on any atom is -0.401 e. The van der Waals surface area contributed by atoms with Crippen molar-refractivity contribution in [1.29, 1.82) is 0 Å². The van der Waals surface area contributed by atoms with Crippen LogP contribution >= 0.6 is 0 Å². The van der Waals surface area contributed by atoms with Crippen molar-refractivity contribution in [3.63, 3.8) is 0 Å². The van der Waals surface area contributed by atoms with Crippen molar-refractivity contribution in [3.8, 4) is 0 Å². The lowest BCUT2D eigenvalue weighted by molar-refractivity contribution is 0.416. The molecule has 1 aliphatic heterocycles. The summed E-state index contributed by atoms with van der Waals surface area (Å²) in [5.41, 5.74) is 6.80. The molecule has 0 atom stereocenters. The molecule has 12 heavy (non-hydrogen) atoms. The molecule has 4 N–H and O–H groups in total. The molecule has 1 aliphatic rings. The Morgan fingerprint density at radius 3 is 2.75 bits per heavy atom. The number of piperidine rings is 1. The topological polar surface area (TPSA) is 50.1 Å². The summed E-state index contributed by atoms with van der Waals surface area (Å²) in [6.07, 6.45) is 5.75. The first-order valence-electron chi connectivity index (χ1n) is 4.38. The number of allylic oxidation sites excluding steroid dienone is 1. The van der Waals surface area contributed by atoms with E-state index in [1.54, 1.807) is 6.20 Å². The second-order valence-corrected chi connectivity index (χ2v) is 3.04. The highest BCUT2D eigenvalue weighted by molar-refractivity contribution is 5.03. The molecule has 0 spiro atoms. The maximum atomic E-state index is 5.86. The van der Waals surface area contributed by atoms with Crippen LogP contribution in [0.3, 0.4) is 0 Å². The first-order valence-corrected chi connectivity index (χ1v) is 4.38. The highest BCUT2D eigenvalue weighted by Gasteiger charge is 2.14. The Morgan fingerprint density at radius 1 is 1.50 bits per heavy atom. The van der Waals surface area contributed by atoms with Crippen LogP contribution in [0.2, 0.25) is 0 Å². The molecule has 3 nitrogen and oxygen atoms in total. The van der Waals surface area contributed by atoms with E-state index in [2.05, 4.69) is 17.2 Å². The summed E-state index contributed by atoms with van der Waals surface area (Å²) >= 11 is 0. The first-order chi connectivity index (χ1) is 5.84. The summed E-state index contributed by atoms with van der Waals surface area (Å²) in [5.74, 6) is 0.540. The quantitative estimate of drug-likeness (QED) is 0.574. The van der Waals surface area contributed by atoms with Gasteiger partial charge in [0.15, 0.2) is 0 Å². The van der Waals surface area contributed by atoms with Gasteiger partial charge in [-0.25, -0.2) is 0 Å². The Labute approximate surface area is 73.7 Å². The molecule has 1 heterocycles. The van der Waals surface area contributed by atoms with Gasteiger partial charge in [-0.05, 0) is 32.1 Å². The van der Waals surface area contributed by atoms with Crippen LogP contribution < -0.4 is 16.4 Å². The Morgan fingerprint density at radius 2 is 2.17 bits per heavy atom. The molecule has 3 heteroatoms. The van der Waals surface area contributed by atoms with Crippen molar-refractivity contribution < 1.29 is 0 Å². The van der Waals surface area contributed by atoms with Crippen molar-refractivity contribution >= 4 is 0 Å². The SMILES string of the molecule is C=CNC=C(N)C1CCNCC1. The third kappa shape index (κ3) is 2.58. The average Bonchev–Trinajstić information content (AvgIpc) is 2.15. The zero-order valence-corrected chi connectivity index (χ0v) is 7.34. The molecule has 0 aromatic carbocycles. The molecule has 68 valence electrons. The molecule has 0 saturated carbocycles. The Hall–Kier alpha value is -0.960. The molecule has 0 amide bonds. The summed E-state index contributed by atoms with van der Waals surface area (Å²) in [7, 11) is 0. The lowest BCUT2D eigenvalue weighted by atomic mass is 9.95. The van der Waals surface area contributed by atoms with E-state index < -0.39 is 0 Å². The van der Waals surface area contributed by atoms with Gasteiger partial charge in [-0.2, -0.15) is 0 Å². The van der Waals surface area contributed by atoms with Gasteiger partial charge in [0.05, 0.1) is 0 Å². The Bertz CT molecular complexity index is 169. The van der Waals surface area contributed by atoms with Crippen molar-refractivity contribution in [2.24, 2.45) is 11.7 Å². The number of hydrogen-bond acceptors (Lipinski definition) is 3. The zero-order chi connectivity index (χ0) is 8.81. The summed E-state index contributed by atoms with van der Waals surface area (Å²) in [5, 5.41) is 6.20. The maximum Gasteiger partial charge on any atom is 0.0276 e. The highest BCUT2D eigenvalue weighted by atomic mass is 14.9. The van der Waals surface area contributed by atoms with Crippen LogP contribution in [0.5, 0.6) is 0 Å². The van der Waals surface area contributed by atoms with Crippen LogP contribution in [0.1, 0.15) is 12.8 Å². The number of hydrogen-bond donors (Lipinski definition) is 3. The molecule has 1 fully saturated rings. The minimum atomic E-state index is 0.540. The molecule has 1 rings (SSSR count). The lowest BCUT2D eigenvalue weighted by Crippen LogP contribution is -2.30. The van der Waals surface area contributed by atoms with E-state index in [9.17, 15) is 0 Å². The molecule has 0 aromatic rings. The van der Waals surface area contributed by atoms with Crippen LogP contribution in [0, 0.1) is 5.92 Å². The van der Waals surface area contributed by atoms with E-state index >= 15 is 0 Å². The summed E-state index contributed by atoms with van der Waals surface area (Å²) < 4.78 is 0. The largest absolute Gasteiger partial charge is 0.401 e. The van der Waals surface area contributed by atoms with E-state index in [4.69, 9.17) is 5.73 Å². The van der Waals surface area contributed by atoms with E-state index in [-0.39, 0.29) is 0 Å². The summed E-state index contributed by atoms with van der Waals surface area (Å²) in [4.78, 5) is 0. The van der Waals surface area contributed by atoms with E-state index in [0.29, 0.717) is 5.92 Å². The van der Waals surface area contributed by atoms with Crippen LogP contribution in [-0.2, 0) is 0 Å². The molecule has 1 saturated heterocycles. The van der Waals surface area contributed by atoms with E-state index in [0.717, 1.165) is 31.6 Å². The van der Waals surface area contributed by atoms with Gasteiger partial charge in [-0.15, -0.1) is 0 Å². The van der Waals surface area contributed by atoms with Gasteiger partial charge in [0.25, 0.3) is 0 Å². The average molecular weight is 167 g/mol. The van der Waals surface area contributed by atoms with Crippen LogP contribution in [0.15, 0.2) is 24.7 Å². The normalized spacial score (nSPS) is 20.5. The standard InChI is InChI=1S/C9H17N3/c1-2-11-7-9(10)8-3-5-12-6-4-8/h2,7-8,11-12H,1,3-6,10H2. The molecule has 0 radical (unpaired) electrons. The lowest BCUT2D eigenvalue weighted by Gasteiger charge is -2.22. The minimum absolute atomic E-state index is 0.540. The fourth-order valence-corrected chi connectivity index (χ4v) is 1.43. The second-order valence-electron chi connectivity index (χ2n) is 3.04. The van der Waals surface area contributed by atoms with E-state index in [1.165, 1.54) is 0 Å². The van der Waals surface area contributed by atoms with Crippen LogP contribution in [0.25, 0.3) is 0 Å². The van der Waals surface area contributed by atoms with Gasteiger partial charge in [0, 0.05) is 17.8 Å². The van der Waals surface area contributed by atoms with Crippen molar-refractivity contribution in [3.05, 3.63) is 24.7 Å². The van der Waals surface area contributed by atoms with Gasteiger partial charge >= 0.3 is 0 Å². The molecule has 0 unspecified atom stereocenters. The zero-order valence-electron chi connectivity index (χ0n) is 7.34. The fraction of sp³-hybridized carbons (Fsp3) is 0.556. The third-order valence-electron chi connectivity index (χ3n) is 2.18. The monoisotopic (exact) mass is 167 g/mol. The molecule has 0 aliphatic carbocycles. The Kier molecular flexibility index (Phi) is 3.67. The van der Waals surface area contributed by atoms with E-state index in [1.807, 2.05) is 6.20 Å². The number of nitrogens with two attached hydrogens (primary N) is 1. The molecule has 0 aromatic heterocycles. The number of rotatable bonds is 3. The van der Waals surface area contributed by atoms with Gasteiger partial charge in [0.1, 0.15) is 0 Å². The Balaban J connectivity index is 2.38. The van der Waals surface area contributed by atoms with Crippen molar-refractivity contribution in [2.45, 2.75) is 12.8 Å².